The van der Waals surface area contributed by atoms with Crippen molar-refractivity contribution in [1.29, 1.82) is 0 Å². The molecule has 146 valence electrons. The summed E-state index contributed by atoms with van der Waals surface area (Å²) in [6.07, 6.45) is 1.58. The van der Waals surface area contributed by atoms with Gasteiger partial charge in [-0.25, -0.2) is 18.1 Å². The molecule has 0 bridgehead atoms. The Labute approximate surface area is 164 Å². The van der Waals surface area contributed by atoms with Crippen LogP contribution in [0.25, 0.3) is 11.0 Å². The molecule has 0 saturated carbocycles. The highest BCUT2D eigenvalue weighted by Crippen LogP contribution is 2.29. The lowest BCUT2D eigenvalue weighted by Crippen LogP contribution is -2.33. The molecule has 7 nitrogen and oxygen atoms in total. The van der Waals surface area contributed by atoms with E-state index in [1.54, 1.807) is 23.1 Å². The van der Waals surface area contributed by atoms with Gasteiger partial charge in [0.25, 0.3) is 0 Å². The fourth-order valence-corrected chi connectivity index (χ4v) is 4.69. The van der Waals surface area contributed by atoms with Crippen LogP contribution in [0.5, 0.6) is 0 Å². The molecule has 0 spiro atoms. The summed E-state index contributed by atoms with van der Waals surface area (Å²) >= 11 is 0. The monoisotopic (exact) mass is 398 g/mol. The number of sulfonamides is 1. The molecule has 0 radical (unpaired) electrons. The van der Waals surface area contributed by atoms with Gasteiger partial charge in [0.1, 0.15) is 5.82 Å². The van der Waals surface area contributed by atoms with Crippen LogP contribution in [-0.2, 0) is 34.8 Å². The van der Waals surface area contributed by atoms with Crippen LogP contribution < -0.4 is 9.62 Å². The molecule has 2 heterocycles. The molecule has 1 aromatic heterocycles. The second-order valence-corrected chi connectivity index (χ2v) is 8.73. The highest BCUT2D eigenvalue weighted by molar-refractivity contribution is 7.89. The van der Waals surface area contributed by atoms with Crippen molar-refractivity contribution in [2.75, 3.05) is 11.4 Å². The predicted molar refractivity (Wildman–Crippen MR) is 108 cm³/mol. The van der Waals surface area contributed by atoms with Crippen molar-refractivity contribution in [1.82, 2.24) is 14.3 Å². The molecule has 4 rings (SSSR count). The van der Waals surface area contributed by atoms with Gasteiger partial charge < -0.3 is 9.47 Å². The third-order valence-corrected chi connectivity index (χ3v) is 6.56. The minimum Gasteiger partial charge on any atom is -0.330 e. The number of aromatic nitrogens is 2. The number of benzene rings is 2. The molecule has 8 heteroatoms. The molecule has 0 fully saturated rings. The van der Waals surface area contributed by atoms with Gasteiger partial charge in [0.05, 0.1) is 22.5 Å². The number of nitrogens with zero attached hydrogens (tertiary/aromatic N) is 3. The van der Waals surface area contributed by atoms with Gasteiger partial charge in [-0.1, -0.05) is 12.1 Å². The van der Waals surface area contributed by atoms with E-state index in [4.69, 9.17) is 0 Å². The largest absolute Gasteiger partial charge is 0.330 e. The maximum Gasteiger partial charge on any atom is 0.240 e. The Hall–Kier alpha value is -2.71. The zero-order chi connectivity index (χ0) is 19.9. The number of amides is 1. The maximum absolute atomic E-state index is 12.8. The molecule has 1 aliphatic rings. The average Bonchev–Trinajstić information content (AvgIpc) is 3.01. The first-order valence-electron chi connectivity index (χ1n) is 9.18. The van der Waals surface area contributed by atoms with Crippen molar-refractivity contribution in [3.63, 3.8) is 0 Å². The Kier molecular flexibility index (Phi) is 4.68. The number of fused-ring (bicyclic) bond motifs is 2. The number of carbonyl (C=O) groups is 1. The summed E-state index contributed by atoms with van der Waals surface area (Å²) in [6.45, 7) is 2.29. The van der Waals surface area contributed by atoms with Crippen molar-refractivity contribution in [3.05, 3.63) is 53.9 Å². The van der Waals surface area contributed by atoms with Crippen LogP contribution >= 0.6 is 0 Å². The van der Waals surface area contributed by atoms with E-state index in [9.17, 15) is 13.2 Å². The molecule has 3 aromatic rings. The van der Waals surface area contributed by atoms with Crippen LogP contribution in [0, 0.1) is 0 Å². The minimum atomic E-state index is -3.69. The van der Waals surface area contributed by atoms with E-state index < -0.39 is 10.0 Å². The van der Waals surface area contributed by atoms with Gasteiger partial charge in [-0.15, -0.1) is 0 Å². The Morgan fingerprint density at radius 1 is 1.21 bits per heavy atom. The maximum atomic E-state index is 12.8. The van der Waals surface area contributed by atoms with Crippen LogP contribution in [0.4, 0.5) is 5.69 Å². The number of aryl methyl sites for hydroxylation is 2. The van der Waals surface area contributed by atoms with Crippen LogP contribution in [0.2, 0.25) is 0 Å². The van der Waals surface area contributed by atoms with Crippen molar-refractivity contribution in [2.24, 2.45) is 7.05 Å². The number of anilines is 1. The summed E-state index contributed by atoms with van der Waals surface area (Å²) in [7, 11) is -1.82. The molecule has 28 heavy (non-hydrogen) atoms. The van der Waals surface area contributed by atoms with Crippen LogP contribution in [0.1, 0.15) is 24.7 Å². The molecular weight excluding hydrogens is 376 g/mol. The van der Waals surface area contributed by atoms with E-state index >= 15 is 0 Å². The standard InChI is InChI=1S/C20H22N4O3S/c1-14(25)24-11-5-6-15-12-16(9-10-18(15)24)28(26,27)21-13-20-22-17-7-3-4-8-19(17)23(20)2/h3-4,7-10,12,21H,5-6,11,13H2,1-2H3. The van der Waals surface area contributed by atoms with E-state index in [1.165, 1.54) is 6.92 Å². The smallest absolute Gasteiger partial charge is 0.240 e. The lowest BCUT2D eigenvalue weighted by atomic mass is 10.0. The van der Waals surface area contributed by atoms with Crippen LogP contribution in [0.15, 0.2) is 47.4 Å². The van der Waals surface area contributed by atoms with E-state index in [1.807, 2.05) is 35.9 Å². The van der Waals surface area contributed by atoms with E-state index in [2.05, 4.69) is 9.71 Å². The second kappa shape index (κ2) is 7.03. The van der Waals surface area contributed by atoms with Gasteiger partial charge >= 0.3 is 0 Å². The SMILES string of the molecule is CC(=O)N1CCCc2cc(S(=O)(=O)NCc3nc4ccccc4n3C)ccc21. The Morgan fingerprint density at radius 3 is 2.75 bits per heavy atom. The Balaban J connectivity index is 1.58. The molecular formula is C20H22N4O3S. The number of carbonyl (C=O) groups excluding carboxylic acids is 1. The summed E-state index contributed by atoms with van der Waals surface area (Å²) in [5.41, 5.74) is 3.47. The number of rotatable bonds is 4. The predicted octanol–water partition coefficient (Wildman–Crippen LogP) is 2.35. The van der Waals surface area contributed by atoms with Crippen molar-refractivity contribution in [2.45, 2.75) is 31.2 Å². The summed E-state index contributed by atoms with van der Waals surface area (Å²) in [5.74, 6) is 0.613. The third kappa shape index (κ3) is 3.29. The summed E-state index contributed by atoms with van der Waals surface area (Å²) in [4.78, 5) is 18.2. The number of nitrogens with one attached hydrogen (secondary N) is 1. The lowest BCUT2D eigenvalue weighted by molar-refractivity contribution is -0.116. The Bertz CT molecular complexity index is 1170. The molecule has 1 aliphatic heterocycles. The zero-order valence-electron chi connectivity index (χ0n) is 15.8. The fourth-order valence-electron chi connectivity index (χ4n) is 3.66. The van der Waals surface area contributed by atoms with Crippen molar-refractivity contribution < 1.29 is 13.2 Å². The summed E-state index contributed by atoms with van der Waals surface area (Å²) in [5, 5.41) is 0. The van der Waals surface area contributed by atoms with Gasteiger partial charge in [0, 0.05) is 26.2 Å². The zero-order valence-corrected chi connectivity index (χ0v) is 16.7. The number of hydrogen-bond donors (Lipinski definition) is 1. The third-order valence-electron chi connectivity index (χ3n) is 5.16. The van der Waals surface area contributed by atoms with Gasteiger partial charge in [-0.3, -0.25) is 4.79 Å². The van der Waals surface area contributed by atoms with E-state index in [0.29, 0.717) is 12.4 Å². The van der Waals surface area contributed by atoms with E-state index in [-0.39, 0.29) is 17.3 Å². The highest BCUT2D eigenvalue weighted by Gasteiger charge is 2.23. The molecule has 1 N–H and O–H groups in total. The quantitative estimate of drug-likeness (QED) is 0.731. The topological polar surface area (TPSA) is 84.3 Å². The molecule has 2 aromatic carbocycles. The molecule has 0 saturated heterocycles. The first-order valence-corrected chi connectivity index (χ1v) is 10.7. The average molecular weight is 398 g/mol. The first kappa shape index (κ1) is 18.6. The lowest BCUT2D eigenvalue weighted by Gasteiger charge is -2.28. The Morgan fingerprint density at radius 2 is 2.00 bits per heavy atom. The first-order chi connectivity index (χ1) is 13.4. The van der Waals surface area contributed by atoms with Crippen molar-refractivity contribution >= 4 is 32.7 Å². The molecule has 0 unspecified atom stereocenters. The summed E-state index contributed by atoms with van der Waals surface area (Å²) in [6, 6.07) is 12.6. The van der Waals surface area contributed by atoms with Crippen LogP contribution in [0.3, 0.4) is 0 Å². The number of imidazole rings is 1. The molecule has 0 atom stereocenters. The highest BCUT2D eigenvalue weighted by atomic mass is 32.2. The summed E-state index contributed by atoms with van der Waals surface area (Å²) < 4.78 is 30.1. The normalized spacial score (nSPS) is 14.3. The minimum absolute atomic E-state index is 0.0310. The van der Waals surface area contributed by atoms with Gasteiger partial charge in [0.15, 0.2) is 0 Å². The van der Waals surface area contributed by atoms with E-state index in [0.717, 1.165) is 35.1 Å². The van der Waals surface area contributed by atoms with Crippen molar-refractivity contribution in [3.8, 4) is 0 Å². The molecule has 1 amide bonds. The number of hydrogen-bond acceptors (Lipinski definition) is 4. The van der Waals surface area contributed by atoms with Gasteiger partial charge in [-0.05, 0) is 48.7 Å². The number of para-hydroxylation sites is 2. The fraction of sp³-hybridized carbons (Fsp3) is 0.300. The van der Waals surface area contributed by atoms with Crippen LogP contribution in [-0.4, -0.2) is 30.4 Å². The molecule has 0 aliphatic carbocycles. The van der Waals surface area contributed by atoms with Gasteiger partial charge in [-0.2, -0.15) is 0 Å². The van der Waals surface area contributed by atoms with Gasteiger partial charge in [0.2, 0.25) is 15.9 Å². The second-order valence-electron chi connectivity index (χ2n) is 6.97.